The number of rotatable bonds is 5. The third kappa shape index (κ3) is 3.93. The van der Waals surface area contributed by atoms with Gasteiger partial charge in [-0.1, -0.05) is 6.07 Å². The van der Waals surface area contributed by atoms with E-state index in [1.165, 1.54) is 0 Å². The Hall–Kier alpha value is -2.82. The van der Waals surface area contributed by atoms with Crippen molar-refractivity contribution in [2.75, 3.05) is 24.3 Å². The Morgan fingerprint density at radius 3 is 2.17 bits per heavy atom. The van der Waals surface area contributed by atoms with Crippen LogP contribution < -0.4 is 15.5 Å². The Bertz CT molecular complexity index is 749. The molecule has 0 bridgehead atoms. The summed E-state index contributed by atoms with van der Waals surface area (Å²) in [6, 6.07) is 14.7. The van der Waals surface area contributed by atoms with Gasteiger partial charge in [0.15, 0.2) is 0 Å². The highest BCUT2D eigenvalue weighted by Gasteiger charge is 2.24. The van der Waals surface area contributed by atoms with Crippen molar-refractivity contribution in [1.29, 1.82) is 0 Å². The van der Waals surface area contributed by atoms with Crippen LogP contribution in [0.1, 0.15) is 33.6 Å². The van der Waals surface area contributed by atoms with E-state index in [4.69, 9.17) is 0 Å². The molecule has 1 aliphatic carbocycles. The summed E-state index contributed by atoms with van der Waals surface area (Å²) in [5.74, 6) is -0.351. The fourth-order valence-electron chi connectivity index (χ4n) is 2.34. The van der Waals surface area contributed by atoms with Crippen molar-refractivity contribution in [2.45, 2.75) is 18.9 Å². The Morgan fingerprint density at radius 2 is 1.58 bits per heavy atom. The van der Waals surface area contributed by atoms with Crippen LogP contribution in [0.3, 0.4) is 0 Å². The summed E-state index contributed by atoms with van der Waals surface area (Å²) < 4.78 is 0. The summed E-state index contributed by atoms with van der Waals surface area (Å²) in [7, 11) is 3.93. The number of amides is 2. The molecule has 1 saturated carbocycles. The molecule has 2 aromatic rings. The molecule has 0 aromatic heterocycles. The van der Waals surface area contributed by atoms with Gasteiger partial charge in [0.2, 0.25) is 0 Å². The van der Waals surface area contributed by atoms with E-state index >= 15 is 0 Å². The van der Waals surface area contributed by atoms with E-state index in [2.05, 4.69) is 10.6 Å². The number of benzene rings is 2. The summed E-state index contributed by atoms with van der Waals surface area (Å²) in [5, 5.41) is 5.78. The average Bonchev–Trinajstić information content (AvgIpc) is 3.39. The number of nitrogens with zero attached hydrogens (tertiary/aromatic N) is 1. The van der Waals surface area contributed by atoms with Gasteiger partial charge < -0.3 is 15.5 Å². The van der Waals surface area contributed by atoms with Crippen LogP contribution in [0.25, 0.3) is 0 Å². The molecule has 0 unspecified atom stereocenters. The molecule has 2 amide bonds. The third-order valence-corrected chi connectivity index (χ3v) is 3.94. The molecule has 0 aliphatic heterocycles. The molecule has 3 rings (SSSR count). The Labute approximate surface area is 141 Å². The minimum absolute atomic E-state index is 0.123. The molecule has 0 spiro atoms. The lowest BCUT2D eigenvalue weighted by Gasteiger charge is -2.13. The standard InChI is InChI=1S/C19H21N3O2/c1-22(2)17-10-8-16(9-11-17)21-19(24)14-5-3-4-13(12-14)18(23)20-15-6-7-15/h3-5,8-12,15H,6-7H2,1-2H3,(H,20,23)(H,21,24). The van der Waals surface area contributed by atoms with Gasteiger partial charge in [-0.15, -0.1) is 0 Å². The molecule has 2 aromatic carbocycles. The minimum Gasteiger partial charge on any atom is -0.378 e. The lowest BCUT2D eigenvalue weighted by Crippen LogP contribution is -2.25. The molecule has 2 N–H and O–H groups in total. The highest BCUT2D eigenvalue weighted by molar-refractivity contribution is 6.06. The second-order valence-corrected chi connectivity index (χ2v) is 6.22. The predicted octanol–water partition coefficient (Wildman–Crippen LogP) is 2.90. The number of hydrogen-bond acceptors (Lipinski definition) is 3. The number of anilines is 2. The summed E-state index contributed by atoms with van der Waals surface area (Å²) in [4.78, 5) is 26.5. The van der Waals surface area contributed by atoms with Crippen LogP contribution in [0.2, 0.25) is 0 Å². The zero-order valence-corrected chi connectivity index (χ0v) is 13.9. The van der Waals surface area contributed by atoms with E-state index < -0.39 is 0 Å². The first kappa shape index (κ1) is 16.1. The fourth-order valence-corrected chi connectivity index (χ4v) is 2.34. The molecule has 0 atom stereocenters. The molecule has 5 nitrogen and oxygen atoms in total. The number of nitrogens with one attached hydrogen (secondary N) is 2. The Kier molecular flexibility index (Phi) is 4.51. The van der Waals surface area contributed by atoms with Crippen molar-refractivity contribution in [2.24, 2.45) is 0 Å². The van der Waals surface area contributed by atoms with Crippen LogP contribution in [0.4, 0.5) is 11.4 Å². The van der Waals surface area contributed by atoms with E-state index in [9.17, 15) is 9.59 Å². The van der Waals surface area contributed by atoms with Crippen molar-refractivity contribution in [3.63, 3.8) is 0 Å². The Balaban J connectivity index is 1.69. The quantitative estimate of drug-likeness (QED) is 0.889. The van der Waals surface area contributed by atoms with Crippen LogP contribution in [0.15, 0.2) is 48.5 Å². The van der Waals surface area contributed by atoms with Gasteiger partial charge >= 0.3 is 0 Å². The fraction of sp³-hybridized carbons (Fsp3) is 0.263. The van der Waals surface area contributed by atoms with Crippen molar-refractivity contribution >= 4 is 23.2 Å². The predicted molar refractivity (Wildman–Crippen MR) is 95.7 cm³/mol. The van der Waals surface area contributed by atoms with Gasteiger partial charge in [0.05, 0.1) is 0 Å². The maximum absolute atomic E-state index is 12.4. The topological polar surface area (TPSA) is 61.4 Å². The van der Waals surface area contributed by atoms with Crippen LogP contribution in [0, 0.1) is 0 Å². The minimum atomic E-state index is -0.228. The molecule has 0 heterocycles. The lowest BCUT2D eigenvalue weighted by atomic mass is 10.1. The van der Waals surface area contributed by atoms with E-state index in [0.717, 1.165) is 24.2 Å². The Morgan fingerprint density at radius 1 is 0.958 bits per heavy atom. The summed E-state index contributed by atoms with van der Waals surface area (Å²) in [6.45, 7) is 0. The third-order valence-electron chi connectivity index (χ3n) is 3.94. The average molecular weight is 323 g/mol. The first-order valence-electron chi connectivity index (χ1n) is 8.02. The van der Waals surface area contributed by atoms with E-state index in [1.807, 2.05) is 43.3 Å². The largest absolute Gasteiger partial charge is 0.378 e. The number of hydrogen-bond donors (Lipinski definition) is 2. The van der Waals surface area contributed by atoms with Crippen LogP contribution in [0.5, 0.6) is 0 Å². The molecule has 24 heavy (non-hydrogen) atoms. The van der Waals surface area contributed by atoms with Crippen LogP contribution in [-0.2, 0) is 0 Å². The van der Waals surface area contributed by atoms with Gasteiger partial charge in [-0.3, -0.25) is 9.59 Å². The lowest BCUT2D eigenvalue weighted by molar-refractivity contribution is 0.0951. The normalized spacial score (nSPS) is 13.2. The first-order valence-corrected chi connectivity index (χ1v) is 8.02. The van der Waals surface area contributed by atoms with Crippen molar-refractivity contribution in [3.8, 4) is 0 Å². The number of carbonyl (C=O) groups excluding carboxylic acids is 2. The zero-order valence-electron chi connectivity index (χ0n) is 13.9. The number of carbonyl (C=O) groups is 2. The van der Waals surface area contributed by atoms with E-state index in [-0.39, 0.29) is 11.8 Å². The highest BCUT2D eigenvalue weighted by Crippen LogP contribution is 2.20. The molecule has 5 heteroatoms. The molecular formula is C19H21N3O2. The molecule has 124 valence electrons. The summed E-state index contributed by atoms with van der Waals surface area (Å²) in [5.41, 5.74) is 2.76. The zero-order chi connectivity index (χ0) is 17.1. The molecule has 1 aliphatic rings. The van der Waals surface area contributed by atoms with Crippen LogP contribution >= 0.6 is 0 Å². The second kappa shape index (κ2) is 6.74. The van der Waals surface area contributed by atoms with Gasteiger partial charge in [-0.05, 0) is 55.3 Å². The first-order chi connectivity index (χ1) is 11.5. The van der Waals surface area contributed by atoms with E-state index in [1.54, 1.807) is 24.3 Å². The smallest absolute Gasteiger partial charge is 0.255 e. The van der Waals surface area contributed by atoms with E-state index in [0.29, 0.717) is 17.2 Å². The second-order valence-electron chi connectivity index (χ2n) is 6.22. The molecule has 0 radical (unpaired) electrons. The van der Waals surface area contributed by atoms with Crippen molar-refractivity contribution in [1.82, 2.24) is 5.32 Å². The van der Waals surface area contributed by atoms with Gasteiger partial charge in [0.1, 0.15) is 0 Å². The van der Waals surface area contributed by atoms with Gasteiger partial charge in [0, 0.05) is 42.6 Å². The monoisotopic (exact) mass is 323 g/mol. The molecular weight excluding hydrogens is 302 g/mol. The summed E-state index contributed by atoms with van der Waals surface area (Å²) in [6.07, 6.45) is 2.07. The van der Waals surface area contributed by atoms with Gasteiger partial charge in [-0.2, -0.15) is 0 Å². The van der Waals surface area contributed by atoms with Crippen molar-refractivity contribution in [3.05, 3.63) is 59.7 Å². The molecule has 1 fully saturated rings. The molecule has 0 saturated heterocycles. The SMILES string of the molecule is CN(C)c1ccc(NC(=O)c2cccc(C(=O)NC3CC3)c2)cc1. The van der Waals surface area contributed by atoms with Crippen molar-refractivity contribution < 1.29 is 9.59 Å². The van der Waals surface area contributed by atoms with Gasteiger partial charge in [0.25, 0.3) is 11.8 Å². The maximum atomic E-state index is 12.4. The highest BCUT2D eigenvalue weighted by atomic mass is 16.2. The maximum Gasteiger partial charge on any atom is 0.255 e. The van der Waals surface area contributed by atoms with Gasteiger partial charge in [-0.25, -0.2) is 0 Å². The summed E-state index contributed by atoms with van der Waals surface area (Å²) >= 11 is 0. The van der Waals surface area contributed by atoms with Crippen LogP contribution in [-0.4, -0.2) is 32.0 Å².